The second-order valence-electron chi connectivity index (χ2n) is 8.12. The van der Waals surface area contributed by atoms with Gasteiger partial charge in [0.15, 0.2) is 5.17 Å². The van der Waals surface area contributed by atoms with Gasteiger partial charge in [0.05, 0.1) is 12.8 Å². The predicted octanol–water partition coefficient (Wildman–Crippen LogP) is 4.85. The van der Waals surface area contributed by atoms with Gasteiger partial charge in [0, 0.05) is 28.4 Å². The van der Waals surface area contributed by atoms with E-state index in [1.807, 2.05) is 13.0 Å². The number of hydrogen-bond donors (Lipinski definition) is 1. The quantitative estimate of drug-likeness (QED) is 0.594. The van der Waals surface area contributed by atoms with Crippen LogP contribution in [0.4, 0.5) is 8.78 Å². The number of aliphatic imine (C=N–C) groups is 1. The fourth-order valence-corrected chi connectivity index (χ4v) is 5.77. The number of thioether (sulfide) groups is 1. The summed E-state index contributed by atoms with van der Waals surface area (Å²) in [6.45, 7) is 2.04. The van der Waals surface area contributed by atoms with Gasteiger partial charge in [-0.2, -0.15) is 0 Å². The molecule has 6 nitrogen and oxygen atoms in total. The Hall–Kier alpha value is -3.04. The summed E-state index contributed by atoms with van der Waals surface area (Å²) in [6.07, 6.45) is 3.11. The van der Waals surface area contributed by atoms with E-state index >= 15 is 4.39 Å². The van der Waals surface area contributed by atoms with Gasteiger partial charge in [-0.1, -0.05) is 43.0 Å². The van der Waals surface area contributed by atoms with Gasteiger partial charge in [-0.3, -0.25) is 4.79 Å². The molecule has 1 amide bonds. The highest BCUT2D eigenvalue weighted by atomic mass is 32.2. The number of oxazole rings is 1. The molecule has 4 atom stereocenters. The number of nitrogens with zero attached hydrogens (tertiary/aromatic N) is 2. The molecule has 0 saturated carbocycles. The SMILES string of the molecule is C[C@H]1SC(NC(=O)c2ccccc2)=N[C@@]2(c3ccc(F)cc3F)CO[C@@H](c3ncco3)C[C@@H]12. The smallest absolute Gasteiger partial charge is 0.257 e. The molecule has 3 aromatic rings. The molecule has 0 bridgehead atoms. The first-order valence-electron chi connectivity index (χ1n) is 10.6. The average molecular weight is 470 g/mol. The van der Waals surface area contributed by atoms with Crippen LogP contribution < -0.4 is 5.32 Å². The Labute approximate surface area is 193 Å². The first-order chi connectivity index (χ1) is 16.0. The van der Waals surface area contributed by atoms with Crippen LogP contribution in [0.25, 0.3) is 0 Å². The third-order valence-corrected chi connectivity index (χ3v) is 7.25. The van der Waals surface area contributed by atoms with Crippen LogP contribution in [-0.2, 0) is 10.3 Å². The van der Waals surface area contributed by atoms with Gasteiger partial charge in [0.25, 0.3) is 5.91 Å². The Balaban J connectivity index is 1.54. The molecular weight excluding hydrogens is 448 g/mol. The lowest BCUT2D eigenvalue weighted by molar-refractivity contribution is -0.0750. The molecule has 1 saturated heterocycles. The van der Waals surface area contributed by atoms with Gasteiger partial charge in [-0.15, -0.1) is 0 Å². The van der Waals surface area contributed by atoms with E-state index in [1.165, 1.54) is 30.2 Å². The zero-order chi connectivity index (χ0) is 23.0. The van der Waals surface area contributed by atoms with Crippen LogP contribution >= 0.6 is 11.8 Å². The lowest BCUT2D eigenvalue weighted by Gasteiger charge is -2.48. The number of aromatic nitrogens is 1. The van der Waals surface area contributed by atoms with E-state index in [9.17, 15) is 9.18 Å². The van der Waals surface area contributed by atoms with E-state index in [4.69, 9.17) is 14.1 Å². The number of fused-ring (bicyclic) bond motifs is 1. The molecule has 0 aliphatic carbocycles. The lowest BCUT2D eigenvalue weighted by Crippen LogP contribution is -2.52. The Kier molecular flexibility index (Phi) is 5.76. The highest BCUT2D eigenvalue weighted by molar-refractivity contribution is 8.14. The van der Waals surface area contributed by atoms with E-state index in [0.717, 1.165) is 6.07 Å². The normalized spacial score (nSPS) is 26.9. The number of ether oxygens (including phenoxy) is 1. The van der Waals surface area contributed by atoms with Crippen LogP contribution in [0.3, 0.4) is 0 Å². The first-order valence-corrected chi connectivity index (χ1v) is 11.4. The zero-order valence-corrected chi connectivity index (χ0v) is 18.5. The molecule has 170 valence electrons. The Morgan fingerprint density at radius 3 is 2.76 bits per heavy atom. The van der Waals surface area contributed by atoms with Gasteiger partial charge in [-0.05, 0) is 24.6 Å². The molecule has 9 heteroatoms. The van der Waals surface area contributed by atoms with E-state index in [2.05, 4.69) is 10.3 Å². The maximum atomic E-state index is 15.1. The standard InChI is InChI=1S/C24H21F2N3O3S/c1-14-18-12-20(22-27-9-10-31-22)32-13-24(18,17-8-7-16(25)11-19(17)26)29-23(33-14)28-21(30)15-5-3-2-4-6-15/h2-11,14,18,20H,12-13H2,1H3,(H,28,29,30)/t14-,18+,20-,24-/m1/s1. The van der Waals surface area contributed by atoms with Crippen molar-refractivity contribution in [3.8, 4) is 0 Å². The van der Waals surface area contributed by atoms with Crippen LogP contribution in [-0.4, -0.2) is 27.9 Å². The maximum Gasteiger partial charge on any atom is 0.257 e. The summed E-state index contributed by atoms with van der Waals surface area (Å²) in [6, 6.07) is 12.3. The summed E-state index contributed by atoms with van der Waals surface area (Å²) in [5.41, 5.74) is -0.412. The topological polar surface area (TPSA) is 76.7 Å². The van der Waals surface area contributed by atoms with Crippen molar-refractivity contribution in [3.63, 3.8) is 0 Å². The van der Waals surface area contributed by atoms with Gasteiger partial charge in [-0.25, -0.2) is 18.8 Å². The van der Waals surface area contributed by atoms with Crippen molar-refractivity contribution in [2.45, 2.75) is 30.2 Å². The average Bonchev–Trinajstić information content (AvgIpc) is 3.34. The van der Waals surface area contributed by atoms with E-state index in [-0.39, 0.29) is 29.2 Å². The summed E-state index contributed by atoms with van der Waals surface area (Å²) in [4.78, 5) is 21.8. The van der Waals surface area contributed by atoms with Crippen molar-refractivity contribution in [3.05, 3.63) is 89.6 Å². The second-order valence-corrected chi connectivity index (χ2v) is 9.49. The number of carbonyl (C=O) groups excluding carboxylic acids is 1. The number of carbonyl (C=O) groups is 1. The van der Waals surface area contributed by atoms with E-state index < -0.39 is 23.3 Å². The van der Waals surface area contributed by atoms with Crippen molar-refractivity contribution in [1.29, 1.82) is 0 Å². The summed E-state index contributed by atoms with van der Waals surface area (Å²) in [7, 11) is 0. The fourth-order valence-electron chi connectivity index (χ4n) is 4.55. The molecule has 2 aromatic carbocycles. The Morgan fingerprint density at radius 1 is 1.21 bits per heavy atom. The van der Waals surface area contributed by atoms with Crippen molar-refractivity contribution in [2.24, 2.45) is 10.9 Å². The van der Waals surface area contributed by atoms with Crippen LogP contribution in [0.2, 0.25) is 0 Å². The number of nitrogens with one attached hydrogen (secondary N) is 1. The largest absolute Gasteiger partial charge is 0.446 e. The summed E-state index contributed by atoms with van der Waals surface area (Å²) >= 11 is 1.41. The molecule has 0 spiro atoms. The first kappa shape index (κ1) is 21.8. The fraction of sp³-hybridized carbons (Fsp3) is 0.292. The van der Waals surface area contributed by atoms with Crippen LogP contribution in [0.1, 0.15) is 41.3 Å². The van der Waals surface area contributed by atoms with Crippen molar-refractivity contribution in [2.75, 3.05) is 6.61 Å². The van der Waals surface area contributed by atoms with Gasteiger partial charge in [0.1, 0.15) is 29.5 Å². The summed E-state index contributed by atoms with van der Waals surface area (Å²) in [5.74, 6) is -1.40. The number of rotatable bonds is 3. The van der Waals surface area contributed by atoms with Crippen molar-refractivity contribution < 1.29 is 22.7 Å². The number of hydrogen-bond acceptors (Lipinski definition) is 6. The van der Waals surface area contributed by atoms with Crippen LogP contribution in [0.5, 0.6) is 0 Å². The third-order valence-electron chi connectivity index (χ3n) is 6.13. The minimum atomic E-state index is -1.13. The van der Waals surface area contributed by atoms with Gasteiger partial charge >= 0.3 is 0 Å². The molecule has 3 heterocycles. The molecule has 0 radical (unpaired) electrons. The number of halogens is 2. The highest BCUT2D eigenvalue weighted by Crippen LogP contribution is 2.52. The van der Waals surface area contributed by atoms with E-state index in [1.54, 1.807) is 30.5 Å². The molecule has 1 fully saturated rings. The van der Waals surface area contributed by atoms with E-state index in [0.29, 0.717) is 23.0 Å². The number of amidine groups is 1. The van der Waals surface area contributed by atoms with Crippen LogP contribution in [0.15, 0.2) is 70.4 Å². The van der Waals surface area contributed by atoms with Crippen LogP contribution in [0, 0.1) is 17.6 Å². The molecule has 1 aromatic heterocycles. The molecule has 2 aliphatic rings. The molecule has 1 N–H and O–H groups in total. The Bertz CT molecular complexity index is 1190. The summed E-state index contributed by atoms with van der Waals surface area (Å²) < 4.78 is 40.3. The maximum absolute atomic E-state index is 15.1. The predicted molar refractivity (Wildman–Crippen MR) is 120 cm³/mol. The third kappa shape index (κ3) is 4.06. The Morgan fingerprint density at radius 2 is 2.03 bits per heavy atom. The zero-order valence-electron chi connectivity index (χ0n) is 17.7. The monoisotopic (exact) mass is 469 g/mol. The summed E-state index contributed by atoms with van der Waals surface area (Å²) in [5, 5.41) is 3.17. The molecule has 5 rings (SSSR count). The van der Waals surface area contributed by atoms with Gasteiger partial charge < -0.3 is 14.5 Å². The van der Waals surface area contributed by atoms with Crippen molar-refractivity contribution in [1.82, 2.24) is 10.3 Å². The second kappa shape index (κ2) is 8.72. The minimum Gasteiger partial charge on any atom is -0.446 e. The molecule has 0 unspecified atom stereocenters. The highest BCUT2D eigenvalue weighted by Gasteiger charge is 2.53. The number of amides is 1. The molecule has 33 heavy (non-hydrogen) atoms. The number of benzene rings is 2. The minimum absolute atomic E-state index is 0.0306. The lowest BCUT2D eigenvalue weighted by atomic mass is 9.72. The van der Waals surface area contributed by atoms with Gasteiger partial charge in [0.2, 0.25) is 5.89 Å². The molecule has 2 aliphatic heterocycles. The molecular formula is C24H21F2N3O3S. The van der Waals surface area contributed by atoms with Crippen molar-refractivity contribution >= 4 is 22.8 Å².